The van der Waals surface area contributed by atoms with Crippen LogP contribution in [0.25, 0.3) is 0 Å². The molecule has 0 amide bonds. The molecule has 0 aliphatic carbocycles. The van der Waals surface area contributed by atoms with E-state index in [1.165, 1.54) is 17.7 Å². The Labute approximate surface area is 141 Å². The molecule has 4 rings (SSSR count). The van der Waals surface area contributed by atoms with E-state index in [2.05, 4.69) is 32.3 Å². The van der Waals surface area contributed by atoms with Gasteiger partial charge in [-0.3, -0.25) is 0 Å². The molecular weight excluding hydrogens is 310 g/mol. The van der Waals surface area contributed by atoms with Crippen molar-refractivity contribution in [2.75, 3.05) is 29.9 Å². The molecule has 2 aromatic heterocycles. The fourth-order valence-electron chi connectivity index (χ4n) is 3.30. The molecule has 2 aliphatic rings. The van der Waals surface area contributed by atoms with Crippen LogP contribution in [0.3, 0.4) is 0 Å². The van der Waals surface area contributed by atoms with Gasteiger partial charge in [-0.25, -0.2) is 15.0 Å². The molecule has 2 aromatic rings. The molecule has 0 spiro atoms. The van der Waals surface area contributed by atoms with E-state index in [4.69, 9.17) is 16.6 Å². The standard InChI is InChI=1S/C17H20ClN5/c1-10-15(18)20-11(2)21-17(10)23-8-13(9-23)14-6-5-12-4-3-7-19-16(12)22-14/h5-6,13H,3-4,7-9H2,1-2H3,(H,19,22). The van der Waals surface area contributed by atoms with E-state index in [0.29, 0.717) is 11.1 Å². The average molecular weight is 330 g/mol. The number of hydrogen-bond donors (Lipinski definition) is 1. The van der Waals surface area contributed by atoms with Crippen LogP contribution in [-0.2, 0) is 6.42 Å². The Bertz CT molecular complexity index is 755. The van der Waals surface area contributed by atoms with E-state index < -0.39 is 0 Å². The molecule has 23 heavy (non-hydrogen) atoms. The van der Waals surface area contributed by atoms with Crippen molar-refractivity contribution < 1.29 is 0 Å². The largest absolute Gasteiger partial charge is 0.370 e. The predicted octanol–water partition coefficient (Wildman–Crippen LogP) is 3.10. The summed E-state index contributed by atoms with van der Waals surface area (Å²) < 4.78 is 0. The summed E-state index contributed by atoms with van der Waals surface area (Å²) in [5, 5.41) is 3.96. The predicted molar refractivity (Wildman–Crippen MR) is 92.5 cm³/mol. The number of anilines is 2. The first kappa shape index (κ1) is 14.7. The van der Waals surface area contributed by atoms with Gasteiger partial charge in [0.25, 0.3) is 0 Å². The van der Waals surface area contributed by atoms with Gasteiger partial charge in [0.2, 0.25) is 0 Å². The fourth-order valence-corrected chi connectivity index (χ4v) is 3.50. The maximum atomic E-state index is 6.18. The van der Waals surface area contributed by atoms with Crippen molar-refractivity contribution in [3.05, 3.63) is 39.9 Å². The first-order valence-corrected chi connectivity index (χ1v) is 8.49. The summed E-state index contributed by atoms with van der Waals surface area (Å²) in [6.07, 6.45) is 2.32. The Morgan fingerprint density at radius 3 is 2.83 bits per heavy atom. The van der Waals surface area contributed by atoms with Crippen LogP contribution >= 0.6 is 11.6 Å². The second-order valence-corrected chi connectivity index (χ2v) is 6.74. The second kappa shape index (κ2) is 5.64. The zero-order valence-corrected chi connectivity index (χ0v) is 14.2. The summed E-state index contributed by atoms with van der Waals surface area (Å²) >= 11 is 6.18. The molecule has 0 saturated carbocycles. The van der Waals surface area contributed by atoms with Crippen molar-refractivity contribution in [2.45, 2.75) is 32.6 Å². The van der Waals surface area contributed by atoms with Crippen molar-refractivity contribution in [3.63, 3.8) is 0 Å². The fraction of sp³-hybridized carbons (Fsp3) is 0.471. The van der Waals surface area contributed by atoms with E-state index in [1.54, 1.807) is 0 Å². The Balaban J connectivity index is 1.52. The highest BCUT2D eigenvalue weighted by atomic mass is 35.5. The Kier molecular flexibility index (Phi) is 3.60. The lowest BCUT2D eigenvalue weighted by molar-refractivity contribution is 0.506. The summed E-state index contributed by atoms with van der Waals surface area (Å²) in [4.78, 5) is 15.8. The molecule has 120 valence electrons. The zero-order chi connectivity index (χ0) is 16.0. The number of halogens is 1. The van der Waals surface area contributed by atoms with E-state index in [-0.39, 0.29) is 0 Å². The van der Waals surface area contributed by atoms with Gasteiger partial charge in [0.15, 0.2) is 0 Å². The third-order valence-electron chi connectivity index (χ3n) is 4.69. The van der Waals surface area contributed by atoms with E-state index in [0.717, 1.165) is 49.1 Å². The highest BCUT2D eigenvalue weighted by molar-refractivity contribution is 6.30. The molecule has 1 N–H and O–H groups in total. The van der Waals surface area contributed by atoms with Gasteiger partial charge in [0.1, 0.15) is 22.6 Å². The van der Waals surface area contributed by atoms with Gasteiger partial charge in [-0.05, 0) is 38.3 Å². The van der Waals surface area contributed by atoms with E-state index >= 15 is 0 Å². The number of nitrogens with zero attached hydrogens (tertiary/aromatic N) is 4. The maximum absolute atomic E-state index is 6.18. The van der Waals surface area contributed by atoms with Crippen LogP contribution in [0.5, 0.6) is 0 Å². The molecule has 0 aromatic carbocycles. The number of fused-ring (bicyclic) bond motifs is 1. The van der Waals surface area contributed by atoms with Crippen molar-refractivity contribution in [3.8, 4) is 0 Å². The number of pyridine rings is 1. The third-order valence-corrected chi connectivity index (χ3v) is 5.06. The van der Waals surface area contributed by atoms with Crippen LogP contribution in [0, 0.1) is 13.8 Å². The molecule has 5 nitrogen and oxygen atoms in total. The minimum absolute atomic E-state index is 0.456. The van der Waals surface area contributed by atoms with Gasteiger partial charge in [-0.1, -0.05) is 17.7 Å². The van der Waals surface area contributed by atoms with Crippen LogP contribution in [-0.4, -0.2) is 34.6 Å². The molecule has 0 unspecified atom stereocenters. The molecule has 0 radical (unpaired) electrons. The quantitative estimate of drug-likeness (QED) is 0.858. The third kappa shape index (κ3) is 2.63. The number of rotatable bonds is 2. The van der Waals surface area contributed by atoms with Crippen LogP contribution in [0.2, 0.25) is 5.15 Å². The summed E-state index contributed by atoms with van der Waals surface area (Å²) in [5.41, 5.74) is 3.46. The summed E-state index contributed by atoms with van der Waals surface area (Å²) in [6, 6.07) is 4.41. The highest BCUT2D eigenvalue weighted by Crippen LogP contribution is 2.34. The molecule has 1 fully saturated rings. The Hall–Kier alpha value is -1.88. The topological polar surface area (TPSA) is 53.9 Å². The van der Waals surface area contributed by atoms with Gasteiger partial charge < -0.3 is 10.2 Å². The molecule has 2 aliphatic heterocycles. The van der Waals surface area contributed by atoms with E-state index in [9.17, 15) is 0 Å². The summed E-state index contributed by atoms with van der Waals surface area (Å²) in [7, 11) is 0. The zero-order valence-electron chi connectivity index (χ0n) is 13.4. The monoisotopic (exact) mass is 329 g/mol. The Morgan fingerprint density at radius 2 is 2.00 bits per heavy atom. The summed E-state index contributed by atoms with van der Waals surface area (Å²) in [5.74, 6) is 3.20. The number of aromatic nitrogens is 3. The van der Waals surface area contributed by atoms with Crippen molar-refractivity contribution in [1.82, 2.24) is 15.0 Å². The smallest absolute Gasteiger partial charge is 0.137 e. The maximum Gasteiger partial charge on any atom is 0.137 e. The van der Waals surface area contributed by atoms with Gasteiger partial charge in [0, 0.05) is 36.8 Å². The molecule has 6 heteroatoms. The van der Waals surface area contributed by atoms with Crippen molar-refractivity contribution in [1.29, 1.82) is 0 Å². The Morgan fingerprint density at radius 1 is 1.17 bits per heavy atom. The lowest BCUT2D eigenvalue weighted by atomic mass is 9.94. The van der Waals surface area contributed by atoms with Crippen molar-refractivity contribution >= 4 is 23.2 Å². The number of aryl methyl sites for hydroxylation is 2. The number of hydrogen-bond acceptors (Lipinski definition) is 5. The molecule has 4 heterocycles. The molecule has 0 bridgehead atoms. The molecular formula is C17H20ClN5. The van der Waals surface area contributed by atoms with Gasteiger partial charge in [-0.2, -0.15) is 0 Å². The van der Waals surface area contributed by atoms with Gasteiger partial charge in [0.05, 0.1) is 0 Å². The van der Waals surface area contributed by atoms with E-state index in [1.807, 2.05) is 13.8 Å². The average Bonchev–Trinajstić information content (AvgIpc) is 2.50. The minimum Gasteiger partial charge on any atom is -0.370 e. The second-order valence-electron chi connectivity index (χ2n) is 6.39. The molecule has 1 saturated heterocycles. The normalized spacial score (nSPS) is 17.4. The number of nitrogens with one attached hydrogen (secondary N) is 1. The first-order valence-electron chi connectivity index (χ1n) is 8.11. The lowest BCUT2D eigenvalue weighted by Gasteiger charge is -2.40. The van der Waals surface area contributed by atoms with Gasteiger partial charge >= 0.3 is 0 Å². The first-order chi connectivity index (χ1) is 11.1. The van der Waals surface area contributed by atoms with Crippen molar-refractivity contribution in [2.24, 2.45) is 0 Å². The van der Waals surface area contributed by atoms with Gasteiger partial charge in [-0.15, -0.1) is 0 Å². The van der Waals surface area contributed by atoms with Crippen LogP contribution in [0.15, 0.2) is 12.1 Å². The molecule has 0 atom stereocenters. The van der Waals surface area contributed by atoms with Crippen LogP contribution in [0.1, 0.15) is 35.0 Å². The minimum atomic E-state index is 0.456. The highest BCUT2D eigenvalue weighted by Gasteiger charge is 2.32. The summed E-state index contributed by atoms with van der Waals surface area (Å²) in [6.45, 7) is 6.74. The van der Waals surface area contributed by atoms with Crippen LogP contribution in [0.4, 0.5) is 11.6 Å². The van der Waals surface area contributed by atoms with Crippen LogP contribution < -0.4 is 10.2 Å². The SMILES string of the molecule is Cc1nc(Cl)c(C)c(N2CC(c3ccc4c(n3)NCCC4)C2)n1. The lowest BCUT2D eigenvalue weighted by Crippen LogP contribution is -2.46.